The zero-order valence-corrected chi connectivity index (χ0v) is 12.0. The van der Waals surface area contributed by atoms with Crippen LogP contribution in [0.15, 0.2) is 41.6 Å². The summed E-state index contributed by atoms with van der Waals surface area (Å²) in [5.41, 5.74) is 1.35. The molecule has 0 saturated heterocycles. The number of aliphatic hydroxyl groups is 1. The first kappa shape index (κ1) is 14.7. The van der Waals surface area contributed by atoms with E-state index in [2.05, 4.69) is 9.82 Å². The van der Waals surface area contributed by atoms with Gasteiger partial charge in [-0.1, -0.05) is 18.2 Å². The van der Waals surface area contributed by atoms with E-state index in [1.807, 2.05) is 13.2 Å². The zero-order chi connectivity index (χ0) is 14.6. The number of aliphatic hydroxyl groups excluding tert-OH is 1. The third kappa shape index (κ3) is 3.44. The Kier molecular flexibility index (Phi) is 4.53. The van der Waals surface area contributed by atoms with Crippen molar-refractivity contribution < 1.29 is 13.5 Å². The SMILES string of the molecule is Cn1cc(CCNS(=O)(=O)c2ccccc2CO)cn1. The van der Waals surface area contributed by atoms with E-state index in [-0.39, 0.29) is 18.0 Å². The summed E-state index contributed by atoms with van der Waals surface area (Å²) in [5.74, 6) is 0. The van der Waals surface area contributed by atoms with Gasteiger partial charge in [0.2, 0.25) is 10.0 Å². The van der Waals surface area contributed by atoms with Crippen molar-refractivity contribution in [1.82, 2.24) is 14.5 Å². The molecule has 7 heteroatoms. The van der Waals surface area contributed by atoms with Crippen LogP contribution in [-0.4, -0.2) is 29.8 Å². The molecule has 2 N–H and O–H groups in total. The van der Waals surface area contributed by atoms with E-state index in [0.29, 0.717) is 12.0 Å². The summed E-state index contributed by atoms with van der Waals surface area (Å²) in [6.45, 7) is -0.0204. The minimum Gasteiger partial charge on any atom is -0.392 e. The lowest BCUT2D eigenvalue weighted by Gasteiger charge is -2.09. The van der Waals surface area contributed by atoms with Crippen molar-refractivity contribution in [2.45, 2.75) is 17.9 Å². The number of benzene rings is 1. The Balaban J connectivity index is 2.04. The van der Waals surface area contributed by atoms with Crippen LogP contribution in [0.25, 0.3) is 0 Å². The molecule has 1 heterocycles. The monoisotopic (exact) mass is 295 g/mol. The first-order valence-corrected chi connectivity index (χ1v) is 7.67. The standard InChI is InChI=1S/C13H17N3O3S/c1-16-9-11(8-14-16)6-7-15-20(18,19)13-5-3-2-4-12(13)10-17/h2-5,8-9,15,17H,6-7,10H2,1H3. The Morgan fingerprint density at radius 1 is 1.35 bits per heavy atom. The van der Waals surface area contributed by atoms with Crippen LogP contribution >= 0.6 is 0 Å². The summed E-state index contributed by atoms with van der Waals surface area (Å²) in [6.07, 6.45) is 4.11. The highest BCUT2D eigenvalue weighted by Crippen LogP contribution is 2.15. The lowest BCUT2D eigenvalue weighted by molar-refractivity contribution is 0.278. The Morgan fingerprint density at radius 2 is 2.10 bits per heavy atom. The minimum atomic E-state index is -3.60. The molecule has 1 aromatic carbocycles. The summed E-state index contributed by atoms with van der Waals surface area (Å²) in [5, 5.41) is 13.2. The molecule has 2 rings (SSSR count). The maximum Gasteiger partial charge on any atom is 0.240 e. The molecule has 0 aliphatic carbocycles. The van der Waals surface area contributed by atoms with Gasteiger partial charge in [-0.15, -0.1) is 0 Å². The average molecular weight is 295 g/mol. The molecule has 0 aliphatic heterocycles. The highest BCUT2D eigenvalue weighted by atomic mass is 32.2. The average Bonchev–Trinajstić information content (AvgIpc) is 2.84. The van der Waals surface area contributed by atoms with Crippen LogP contribution in [0, 0.1) is 0 Å². The van der Waals surface area contributed by atoms with Gasteiger partial charge in [-0.2, -0.15) is 5.10 Å². The fraction of sp³-hybridized carbons (Fsp3) is 0.308. The van der Waals surface area contributed by atoms with Crippen LogP contribution in [0.4, 0.5) is 0 Å². The summed E-state index contributed by atoms with van der Waals surface area (Å²) < 4.78 is 28.5. The summed E-state index contributed by atoms with van der Waals surface area (Å²) in [6, 6.07) is 6.41. The number of sulfonamides is 1. The second-order valence-electron chi connectivity index (χ2n) is 4.44. The van der Waals surface area contributed by atoms with Crippen LogP contribution in [-0.2, 0) is 30.1 Å². The van der Waals surface area contributed by atoms with Crippen molar-refractivity contribution in [1.29, 1.82) is 0 Å². The topological polar surface area (TPSA) is 84.2 Å². The number of nitrogens with zero attached hydrogens (tertiary/aromatic N) is 2. The number of hydrogen-bond donors (Lipinski definition) is 2. The second-order valence-corrected chi connectivity index (χ2v) is 6.17. The van der Waals surface area contributed by atoms with Gasteiger partial charge in [-0.25, -0.2) is 13.1 Å². The third-order valence-corrected chi connectivity index (χ3v) is 4.46. The first-order valence-electron chi connectivity index (χ1n) is 6.19. The molecule has 0 aliphatic rings. The highest BCUT2D eigenvalue weighted by molar-refractivity contribution is 7.89. The van der Waals surface area contributed by atoms with E-state index in [0.717, 1.165) is 5.56 Å². The van der Waals surface area contributed by atoms with Gasteiger partial charge in [0.1, 0.15) is 0 Å². The highest BCUT2D eigenvalue weighted by Gasteiger charge is 2.16. The van der Waals surface area contributed by atoms with Crippen molar-refractivity contribution >= 4 is 10.0 Å². The van der Waals surface area contributed by atoms with Crippen molar-refractivity contribution in [2.75, 3.05) is 6.54 Å². The van der Waals surface area contributed by atoms with Gasteiger partial charge in [0, 0.05) is 19.8 Å². The van der Waals surface area contributed by atoms with Gasteiger partial charge in [0.05, 0.1) is 17.7 Å². The number of hydrogen-bond acceptors (Lipinski definition) is 4. The Bertz CT molecular complexity index is 680. The predicted molar refractivity (Wildman–Crippen MR) is 74.5 cm³/mol. The van der Waals surface area contributed by atoms with Gasteiger partial charge in [0.25, 0.3) is 0 Å². The van der Waals surface area contributed by atoms with Crippen LogP contribution in [0.5, 0.6) is 0 Å². The molecule has 0 atom stereocenters. The largest absolute Gasteiger partial charge is 0.392 e. The fourth-order valence-corrected chi connectivity index (χ4v) is 3.17. The number of aromatic nitrogens is 2. The Morgan fingerprint density at radius 3 is 2.75 bits per heavy atom. The predicted octanol–water partition coefficient (Wildman–Crippen LogP) is 0.433. The maximum absolute atomic E-state index is 12.2. The number of aryl methyl sites for hydroxylation is 1. The van der Waals surface area contributed by atoms with Crippen LogP contribution < -0.4 is 4.72 Å². The van der Waals surface area contributed by atoms with Crippen LogP contribution in [0.2, 0.25) is 0 Å². The van der Waals surface area contributed by atoms with Crippen molar-refractivity contribution in [3.63, 3.8) is 0 Å². The smallest absolute Gasteiger partial charge is 0.240 e. The Labute approximate surface area is 118 Å². The van der Waals surface area contributed by atoms with E-state index in [1.165, 1.54) is 6.07 Å². The van der Waals surface area contributed by atoms with E-state index < -0.39 is 10.0 Å². The van der Waals surface area contributed by atoms with Crippen molar-refractivity contribution in [3.8, 4) is 0 Å². The van der Waals surface area contributed by atoms with E-state index in [9.17, 15) is 13.5 Å². The quantitative estimate of drug-likeness (QED) is 0.809. The van der Waals surface area contributed by atoms with Crippen LogP contribution in [0.3, 0.4) is 0 Å². The van der Waals surface area contributed by atoms with E-state index in [1.54, 1.807) is 29.1 Å². The molecule has 0 bridgehead atoms. The molecule has 6 nitrogen and oxygen atoms in total. The minimum absolute atomic E-state index is 0.119. The molecule has 20 heavy (non-hydrogen) atoms. The van der Waals surface area contributed by atoms with Gasteiger partial charge >= 0.3 is 0 Å². The van der Waals surface area contributed by atoms with Gasteiger partial charge in [-0.05, 0) is 23.6 Å². The molecule has 0 fully saturated rings. The Hall–Kier alpha value is -1.70. The van der Waals surface area contributed by atoms with Crippen molar-refractivity contribution in [3.05, 3.63) is 47.8 Å². The second kappa shape index (κ2) is 6.17. The molecule has 0 spiro atoms. The maximum atomic E-state index is 12.2. The molecule has 0 saturated carbocycles. The molecule has 108 valence electrons. The lowest BCUT2D eigenvalue weighted by atomic mass is 10.2. The molecular weight excluding hydrogens is 278 g/mol. The van der Waals surface area contributed by atoms with Gasteiger partial charge in [-0.3, -0.25) is 4.68 Å². The fourth-order valence-electron chi connectivity index (χ4n) is 1.91. The number of rotatable bonds is 6. The van der Waals surface area contributed by atoms with Crippen molar-refractivity contribution in [2.24, 2.45) is 7.05 Å². The van der Waals surface area contributed by atoms with Gasteiger partial charge < -0.3 is 5.11 Å². The summed E-state index contributed by atoms with van der Waals surface area (Å²) >= 11 is 0. The van der Waals surface area contributed by atoms with Gasteiger partial charge in [0.15, 0.2) is 0 Å². The lowest BCUT2D eigenvalue weighted by Crippen LogP contribution is -2.26. The number of nitrogens with one attached hydrogen (secondary N) is 1. The van der Waals surface area contributed by atoms with E-state index in [4.69, 9.17) is 0 Å². The zero-order valence-electron chi connectivity index (χ0n) is 11.2. The molecule has 1 aromatic heterocycles. The molecule has 0 radical (unpaired) electrons. The normalized spacial score (nSPS) is 11.7. The molecule has 0 unspecified atom stereocenters. The first-order chi connectivity index (χ1) is 9.53. The molecular formula is C13H17N3O3S. The summed E-state index contributed by atoms with van der Waals surface area (Å²) in [4.78, 5) is 0.119. The summed E-state index contributed by atoms with van der Waals surface area (Å²) in [7, 11) is -1.79. The van der Waals surface area contributed by atoms with E-state index >= 15 is 0 Å². The molecule has 2 aromatic rings. The molecule has 0 amide bonds. The third-order valence-electron chi connectivity index (χ3n) is 2.90. The van der Waals surface area contributed by atoms with Crippen LogP contribution in [0.1, 0.15) is 11.1 Å².